The third-order valence-electron chi connectivity index (χ3n) is 5.13. The van der Waals surface area contributed by atoms with E-state index in [0.717, 1.165) is 46.9 Å². The maximum Gasteiger partial charge on any atom is 0.160 e. The monoisotopic (exact) mass is 353 g/mol. The summed E-state index contributed by atoms with van der Waals surface area (Å²) in [5, 5.41) is 9.08. The van der Waals surface area contributed by atoms with E-state index in [1.54, 1.807) is 12.3 Å². The molecule has 0 radical (unpaired) electrons. The van der Waals surface area contributed by atoms with Gasteiger partial charge in [-0.2, -0.15) is 5.10 Å². The molecule has 6 heteroatoms. The lowest BCUT2D eigenvalue weighted by molar-refractivity contribution is 0.0790. The van der Waals surface area contributed by atoms with Gasteiger partial charge in [0, 0.05) is 40.7 Å². The zero-order chi connectivity index (χ0) is 17.7. The van der Waals surface area contributed by atoms with Crippen LogP contribution in [0.3, 0.4) is 0 Å². The molecule has 2 aromatic carbocycles. The number of ether oxygens (including phenoxy) is 1. The molecule has 132 valence electrons. The van der Waals surface area contributed by atoms with Gasteiger partial charge in [-0.25, -0.2) is 8.78 Å². The van der Waals surface area contributed by atoms with E-state index in [2.05, 4.69) is 16.3 Å². The van der Waals surface area contributed by atoms with Crippen molar-refractivity contribution in [2.45, 2.75) is 18.8 Å². The van der Waals surface area contributed by atoms with Crippen LogP contribution in [-0.4, -0.2) is 28.0 Å². The van der Waals surface area contributed by atoms with Gasteiger partial charge in [0.15, 0.2) is 11.6 Å². The predicted molar refractivity (Wildman–Crippen MR) is 95.6 cm³/mol. The molecule has 0 bridgehead atoms. The molecule has 0 aliphatic carbocycles. The lowest BCUT2D eigenvalue weighted by atomic mass is 9.98. The van der Waals surface area contributed by atoms with Crippen molar-refractivity contribution in [1.29, 1.82) is 0 Å². The average molecular weight is 353 g/mol. The van der Waals surface area contributed by atoms with E-state index in [0.29, 0.717) is 12.3 Å². The molecule has 5 rings (SSSR count). The molecule has 1 unspecified atom stereocenters. The highest BCUT2D eigenvalue weighted by atomic mass is 19.2. The number of nitrogens with one attached hydrogen (secondary N) is 1. The Labute approximate surface area is 148 Å². The third kappa shape index (κ3) is 2.41. The maximum absolute atomic E-state index is 13.9. The van der Waals surface area contributed by atoms with Crippen LogP contribution in [-0.2, 0) is 4.74 Å². The fourth-order valence-corrected chi connectivity index (χ4v) is 3.86. The number of fused-ring (bicyclic) bond motifs is 2. The van der Waals surface area contributed by atoms with Crippen LogP contribution < -0.4 is 0 Å². The molecular weight excluding hydrogens is 336 g/mol. The zero-order valence-electron chi connectivity index (χ0n) is 14.0. The molecule has 1 aliphatic heterocycles. The quantitative estimate of drug-likeness (QED) is 0.569. The smallest absolute Gasteiger partial charge is 0.160 e. The number of H-pyrrole nitrogens is 1. The summed E-state index contributed by atoms with van der Waals surface area (Å²) in [5.41, 5.74) is 3.57. The topological polar surface area (TPSA) is 42.8 Å². The van der Waals surface area contributed by atoms with Gasteiger partial charge in [-0.05, 0) is 43.2 Å². The first-order chi connectivity index (χ1) is 12.7. The average Bonchev–Trinajstić information content (AvgIpc) is 3.26. The van der Waals surface area contributed by atoms with Crippen molar-refractivity contribution in [2.24, 2.45) is 0 Å². The second kappa shape index (κ2) is 5.92. The van der Waals surface area contributed by atoms with E-state index in [1.165, 1.54) is 12.1 Å². The first kappa shape index (κ1) is 15.5. The standard InChI is InChI=1S/C20H17F2N3O/c21-16-4-3-15(9-17(16)22)25-19(12-2-1-5-26-11-12)7-13-6-18-14(8-20(13)25)10-23-24-18/h3-4,6-10,12H,1-2,5,11H2,(H,23,24). The molecule has 4 nitrogen and oxygen atoms in total. The Morgan fingerprint density at radius 3 is 2.81 bits per heavy atom. The third-order valence-corrected chi connectivity index (χ3v) is 5.13. The molecule has 1 fully saturated rings. The van der Waals surface area contributed by atoms with Crippen LogP contribution in [0.2, 0.25) is 0 Å². The number of benzene rings is 2. The van der Waals surface area contributed by atoms with Crippen molar-refractivity contribution in [3.8, 4) is 5.69 Å². The summed E-state index contributed by atoms with van der Waals surface area (Å²) in [6.45, 7) is 1.41. The lowest BCUT2D eigenvalue weighted by Crippen LogP contribution is -2.18. The Kier molecular flexibility index (Phi) is 3.53. The van der Waals surface area contributed by atoms with Gasteiger partial charge in [-0.1, -0.05) is 0 Å². The SMILES string of the molecule is Fc1ccc(-n2c(C3CCCOC3)cc3cc4[nH]ncc4cc32)cc1F. The Balaban J connectivity index is 1.79. The van der Waals surface area contributed by atoms with Gasteiger partial charge in [-0.3, -0.25) is 5.10 Å². The van der Waals surface area contributed by atoms with Gasteiger partial charge < -0.3 is 9.30 Å². The minimum atomic E-state index is -0.848. The Morgan fingerprint density at radius 2 is 2.00 bits per heavy atom. The number of nitrogens with zero attached hydrogens (tertiary/aromatic N) is 2. The van der Waals surface area contributed by atoms with Crippen LogP contribution in [0, 0.1) is 11.6 Å². The van der Waals surface area contributed by atoms with Gasteiger partial charge in [-0.15, -0.1) is 0 Å². The summed E-state index contributed by atoms with van der Waals surface area (Å²) in [5.74, 6) is -1.47. The fraction of sp³-hybridized carbons (Fsp3) is 0.250. The molecule has 1 saturated heterocycles. The van der Waals surface area contributed by atoms with Crippen molar-refractivity contribution in [3.05, 3.63) is 59.9 Å². The largest absolute Gasteiger partial charge is 0.381 e. The van der Waals surface area contributed by atoms with Crippen LogP contribution in [0.25, 0.3) is 27.5 Å². The van der Waals surface area contributed by atoms with Crippen molar-refractivity contribution < 1.29 is 13.5 Å². The first-order valence-corrected chi connectivity index (χ1v) is 8.72. The Morgan fingerprint density at radius 1 is 1.08 bits per heavy atom. The van der Waals surface area contributed by atoms with E-state index >= 15 is 0 Å². The number of aromatic nitrogens is 3. The first-order valence-electron chi connectivity index (χ1n) is 8.72. The number of aromatic amines is 1. The lowest BCUT2D eigenvalue weighted by Gasteiger charge is -2.24. The van der Waals surface area contributed by atoms with Gasteiger partial charge in [0.05, 0.1) is 23.8 Å². The molecule has 1 aliphatic rings. The van der Waals surface area contributed by atoms with Gasteiger partial charge >= 0.3 is 0 Å². The summed E-state index contributed by atoms with van der Waals surface area (Å²) in [7, 11) is 0. The van der Waals surface area contributed by atoms with Gasteiger partial charge in [0.25, 0.3) is 0 Å². The number of hydrogen-bond donors (Lipinski definition) is 1. The highest BCUT2D eigenvalue weighted by Crippen LogP contribution is 2.35. The van der Waals surface area contributed by atoms with E-state index in [-0.39, 0.29) is 5.92 Å². The second-order valence-electron chi connectivity index (χ2n) is 6.79. The molecule has 4 aromatic rings. The van der Waals surface area contributed by atoms with Crippen molar-refractivity contribution in [2.75, 3.05) is 13.2 Å². The summed E-state index contributed by atoms with van der Waals surface area (Å²) in [6.07, 6.45) is 3.77. The molecule has 26 heavy (non-hydrogen) atoms. The minimum absolute atomic E-state index is 0.223. The molecule has 3 heterocycles. The Bertz CT molecular complexity index is 1110. The highest BCUT2D eigenvalue weighted by molar-refractivity contribution is 5.96. The highest BCUT2D eigenvalue weighted by Gasteiger charge is 2.23. The predicted octanol–water partition coefficient (Wildman–Crippen LogP) is 4.68. The second-order valence-corrected chi connectivity index (χ2v) is 6.79. The van der Waals surface area contributed by atoms with Crippen molar-refractivity contribution in [1.82, 2.24) is 14.8 Å². The van der Waals surface area contributed by atoms with Crippen molar-refractivity contribution >= 4 is 21.8 Å². The number of halogens is 2. The molecule has 0 spiro atoms. The molecule has 1 N–H and O–H groups in total. The van der Waals surface area contributed by atoms with Gasteiger partial charge in [0.1, 0.15) is 0 Å². The van der Waals surface area contributed by atoms with Crippen LogP contribution >= 0.6 is 0 Å². The maximum atomic E-state index is 13.9. The molecule has 0 amide bonds. The van der Waals surface area contributed by atoms with E-state index in [4.69, 9.17) is 4.74 Å². The fourth-order valence-electron chi connectivity index (χ4n) is 3.86. The van der Waals surface area contributed by atoms with Crippen LogP contribution in [0.1, 0.15) is 24.5 Å². The van der Waals surface area contributed by atoms with Crippen LogP contribution in [0.4, 0.5) is 8.78 Å². The minimum Gasteiger partial charge on any atom is -0.381 e. The van der Waals surface area contributed by atoms with Crippen LogP contribution in [0.15, 0.2) is 42.6 Å². The summed E-state index contributed by atoms with van der Waals surface area (Å²) < 4.78 is 35.1. The van der Waals surface area contributed by atoms with Crippen LogP contribution in [0.5, 0.6) is 0 Å². The number of hydrogen-bond acceptors (Lipinski definition) is 2. The normalized spacial score (nSPS) is 18.0. The molecule has 1 atom stereocenters. The van der Waals surface area contributed by atoms with E-state index < -0.39 is 11.6 Å². The molecule has 0 saturated carbocycles. The summed E-state index contributed by atoms with van der Waals surface area (Å²) in [4.78, 5) is 0. The van der Waals surface area contributed by atoms with Crippen molar-refractivity contribution in [3.63, 3.8) is 0 Å². The van der Waals surface area contributed by atoms with Gasteiger partial charge in [0.2, 0.25) is 0 Å². The molecule has 2 aromatic heterocycles. The summed E-state index contributed by atoms with van der Waals surface area (Å²) in [6, 6.07) is 10.2. The summed E-state index contributed by atoms with van der Waals surface area (Å²) >= 11 is 0. The number of rotatable bonds is 2. The van der Waals surface area contributed by atoms with E-state index in [9.17, 15) is 8.78 Å². The molecular formula is C20H17F2N3O. The zero-order valence-corrected chi connectivity index (χ0v) is 14.0. The Hall–Kier alpha value is -2.73. The van der Waals surface area contributed by atoms with E-state index in [1.807, 2.05) is 16.7 Å².